The fourth-order valence-electron chi connectivity index (χ4n) is 4.85. The Morgan fingerprint density at radius 3 is 2.78 bits per heavy atom. The van der Waals surface area contributed by atoms with E-state index in [9.17, 15) is 4.39 Å². The van der Waals surface area contributed by atoms with E-state index in [1.807, 2.05) is 13.8 Å². The third-order valence-electron chi connectivity index (χ3n) is 6.10. The summed E-state index contributed by atoms with van der Waals surface area (Å²) in [6, 6.07) is 2.72. The van der Waals surface area contributed by atoms with Crippen LogP contribution in [0, 0.1) is 5.92 Å². The number of alkyl halides is 1. The van der Waals surface area contributed by atoms with Crippen LogP contribution in [0.25, 0.3) is 0 Å². The van der Waals surface area contributed by atoms with Gasteiger partial charge in [-0.25, -0.2) is 19.8 Å². The summed E-state index contributed by atoms with van der Waals surface area (Å²) in [7, 11) is 0. The number of nitrogens with two attached hydrogens (primary N) is 1. The molecule has 0 bridgehead atoms. The SMILES string of the molecule is CC(C)OC1CC2C(CC1F)NNC2c1cc(N2C[C@H](N)C[C@@H]2C)ncn1. The first-order valence-corrected chi connectivity index (χ1v) is 10.1. The Kier molecular flexibility index (Phi) is 5.33. The molecule has 1 aliphatic carbocycles. The molecule has 1 aromatic rings. The number of hydrogen-bond donors (Lipinski definition) is 3. The predicted octanol–water partition coefficient (Wildman–Crippen LogP) is 1.46. The van der Waals surface area contributed by atoms with E-state index in [-0.39, 0.29) is 36.3 Å². The Hall–Kier alpha value is -1.35. The summed E-state index contributed by atoms with van der Waals surface area (Å²) in [5.41, 5.74) is 13.7. The van der Waals surface area contributed by atoms with Gasteiger partial charge in [0.05, 0.1) is 23.9 Å². The molecular weight excluding hydrogens is 347 g/mol. The zero-order chi connectivity index (χ0) is 19.1. The maximum absolute atomic E-state index is 14.5. The number of hydrogen-bond acceptors (Lipinski definition) is 7. The molecule has 2 saturated heterocycles. The molecule has 7 atom stereocenters. The molecule has 0 amide bonds. The number of aromatic nitrogens is 2. The van der Waals surface area contributed by atoms with Crippen LogP contribution in [0.3, 0.4) is 0 Å². The zero-order valence-electron chi connectivity index (χ0n) is 16.3. The van der Waals surface area contributed by atoms with E-state index >= 15 is 0 Å². The number of halogens is 1. The van der Waals surface area contributed by atoms with Gasteiger partial charge in [-0.1, -0.05) is 0 Å². The summed E-state index contributed by atoms with van der Waals surface area (Å²) in [6.07, 6.45) is 2.47. The summed E-state index contributed by atoms with van der Waals surface area (Å²) in [5.74, 6) is 1.15. The van der Waals surface area contributed by atoms with Crippen LogP contribution in [0.15, 0.2) is 12.4 Å². The standard InChI is InChI=1S/C19H31FN6O/c1-10(2)27-17-5-13-15(6-14(17)20)24-25-19(13)16-7-18(23-9-22-16)26-8-12(21)4-11(26)3/h7,9-15,17,19,24-25H,4-6,8,21H2,1-3H3/t11-,12+,13?,14?,15?,17?,19?/m0/s1. The van der Waals surface area contributed by atoms with Crippen LogP contribution in [0.5, 0.6) is 0 Å². The minimum absolute atomic E-state index is 0.0223. The van der Waals surface area contributed by atoms with Crippen LogP contribution in [0.1, 0.15) is 51.8 Å². The molecule has 7 nitrogen and oxygen atoms in total. The minimum Gasteiger partial charge on any atom is -0.373 e. The number of hydrazine groups is 1. The fourth-order valence-corrected chi connectivity index (χ4v) is 4.85. The third-order valence-corrected chi connectivity index (χ3v) is 6.10. The first-order chi connectivity index (χ1) is 12.9. The summed E-state index contributed by atoms with van der Waals surface area (Å²) >= 11 is 0. The van der Waals surface area contributed by atoms with Crippen LogP contribution >= 0.6 is 0 Å². The Bertz CT molecular complexity index is 661. The highest BCUT2D eigenvalue weighted by molar-refractivity contribution is 5.43. The van der Waals surface area contributed by atoms with E-state index in [0.717, 1.165) is 24.5 Å². The number of fused-ring (bicyclic) bond motifs is 1. The fraction of sp³-hybridized carbons (Fsp3) is 0.789. The molecular formula is C19H31FN6O. The Morgan fingerprint density at radius 1 is 1.26 bits per heavy atom. The second kappa shape index (κ2) is 7.58. The first kappa shape index (κ1) is 19.0. The van der Waals surface area contributed by atoms with Gasteiger partial charge in [0.25, 0.3) is 0 Å². The maximum Gasteiger partial charge on any atom is 0.132 e. The quantitative estimate of drug-likeness (QED) is 0.731. The van der Waals surface area contributed by atoms with Crippen molar-refractivity contribution < 1.29 is 9.13 Å². The highest BCUT2D eigenvalue weighted by Crippen LogP contribution is 2.40. The van der Waals surface area contributed by atoms with Crippen LogP contribution in [0.2, 0.25) is 0 Å². The van der Waals surface area contributed by atoms with E-state index in [1.54, 1.807) is 6.33 Å². The summed E-state index contributed by atoms with van der Waals surface area (Å²) in [4.78, 5) is 11.3. The monoisotopic (exact) mass is 378 g/mol. The molecule has 1 aromatic heterocycles. The lowest BCUT2D eigenvalue weighted by Crippen LogP contribution is -2.44. The van der Waals surface area contributed by atoms with Crippen molar-refractivity contribution in [3.8, 4) is 0 Å². The van der Waals surface area contributed by atoms with E-state index in [4.69, 9.17) is 10.5 Å². The molecule has 1 saturated carbocycles. The topological polar surface area (TPSA) is 88.3 Å². The number of anilines is 1. The Balaban J connectivity index is 1.53. The van der Waals surface area contributed by atoms with Gasteiger partial charge in [0.1, 0.15) is 18.3 Å². The van der Waals surface area contributed by atoms with Crippen molar-refractivity contribution >= 4 is 5.82 Å². The van der Waals surface area contributed by atoms with E-state index in [0.29, 0.717) is 18.9 Å². The summed E-state index contributed by atoms with van der Waals surface area (Å²) in [6.45, 7) is 6.91. The average molecular weight is 378 g/mol. The second-order valence-electron chi connectivity index (χ2n) is 8.55. The van der Waals surface area contributed by atoms with Crippen molar-refractivity contribution in [2.24, 2.45) is 11.7 Å². The molecule has 5 unspecified atom stereocenters. The first-order valence-electron chi connectivity index (χ1n) is 10.1. The van der Waals surface area contributed by atoms with Gasteiger partial charge in [-0.3, -0.25) is 5.43 Å². The molecule has 3 fully saturated rings. The molecule has 8 heteroatoms. The largest absolute Gasteiger partial charge is 0.373 e. The second-order valence-corrected chi connectivity index (χ2v) is 8.55. The molecule has 4 N–H and O–H groups in total. The van der Waals surface area contributed by atoms with Gasteiger partial charge in [-0.05, 0) is 40.0 Å². The number of rotatable bonds is 4. The van der Waals surface area contributed by atoms with Crippen LogP contribution in [0.4, 0.5) is 10.2 Å². The third kappa shape index (κ3) is 3.81. The lowest BCUT2D eigenvalue weighted by atomic mass is 9.78. The average Bonchev–Trinajstić information content (AvgIpc) is 3.17. The number of nitrogens with zero attached hydrogens (tertiary/aromatic N) is 3. The van der Waals surface area contributed by atoms with Crippen molar-refractivity contribution in [3.05, 3.63) is 18.1 Å². The van der Waals surface area contributed by atoms with Gasteiger partial charge in [-0.15, -0.1) is 0 Å². The van der Waals surface area contributed by atoms with Crippen molar-refractivity contribution in [2.75, 3.05) is 11.4 Å². The van der Waals surface area contributed by atoms with Crippen molar-refractivity contribution in [1.29, 1.82) is 0 Å². The van der Waals surface area contributed by atoms with Crippen LogP contribution in [-0.2, 0) is 4.74 Å². The van der Waals surface area contributed by atoms with Crippen molar-refractivity contribution in [2.45, 2.75) is 82.6 Å². The Labute approximate surface area is 160 Å². The summed E-state index contributed by atoms with van der Waals surface area (Å²) in [5, 5.41) is 0. The Morgan fingerprint density at radius 2 is 2.07 bits per heavy atom. The normalized spacial score (nSPS) is 39.2. The predicted molar refractivity (Wildman–Crippen MR) is 102 cm³/mol. The molecule has 0 spiro atoms. The van der Waals surface area contributed by atoms with Gasteiger partial charge >= 0.3 is 0 Å². The molecule has 3 heterocycles. The van der Waals surface area contributed by atoms with Gasteiger partial charge in [-0.2, -0.15) is 0 Å². The lowest BCUT2D eigenvalue weighted by Gasteiger charge is -2.36. The zero-order valence-corrected chi connectivity index (χ0v) is 16.3. The molecule has 4 rings (SSSR count). The molecule has 27 heavy (non-hydrogen) atoms. The maximum atomic E-state index is 14.5. The van der Waals surface area contributed by atoms with Gasteiger partial charge in [0.15, 0.2) is 0 Å². The van der Waals surface area contributed by atoms with Crippen LogP contribution in [-0.4, -0.2) is 53.0 Å². The van der Waals surface area contributed by atoms with Gasteiger partial charge in [0, 0.05) is 36.7 Å². The van der Waals surface area contributed by atoms with Crippen LogP contribution < -0.4 is 21.5 Å². The molecule has 0 aromatic carbocycles. The molecule has 3 aliphatic rings. The minimum atomic E-state index is -0.936. The van der Waals surface area contributed by atoms with Gasteiger partial charge < -0.3 is 15.4 Å². The van der Waals surface area contributed by atoms with E-state index in [1.165, 1.54) is 0 Å². The molecule has 2 aliphatic heterocycles. The highest BCUT2D eigenvalue weighted by Gasteiger charge is 2.46. The number of ether oxygens (including phenoxy) is 1. The van der Waals surface area contributed by atoms with E-state index in [2.05, 4.69) is 38.7 Å². The molecule has 0 radical (unpaired) electrons. The smallest absolute Gasteiger partial charge is 0.132 e. The molecule has 150 valence electrons. The van der Waals surface area contributed by atoms with Crippen molar-refractivity contribution in [1.82, 2.24) is 20.8 Å². The lowest BCUT2D eigenvalue weighted by molar-refractivity contribution is -0.0708. The van der Waals surface area contributed by atoms with E-state index < -0.39 is 6.17 Å². The number of nitrogens with one attached hydrogen (secondary N) is 2. The summed E-state index contributed by atoms with van der Waals surface area (Å²) < 4.78 is 20.3. The van der Waals surface area contributed by atoms with Gasteiger partial charge in [0.2, 0.25) is 0 Å². The highest BCUT2D eigenvalue weighted by atomic mass is 19.1. The van der Waals surface area contributed by atoms with Crippen molar-refractivity contribution in [3.63, 3.8) is 0 Å².